The first-order valence-electron chi connectivity index (χ1n) is 9.15. The third-order valence-corrected chi connectivity index (χ3v) is 5.71. The number of benzene rings is 2. The summed E-state index contributed by atoms with van der Waals surface area (Å²) in [6, 6.07) is 21.9. The van der Waals surface area contributed by atoms with Gasteiger partial charge in [-0.15, -0.1) is 11.3 Å². The maximum atomic E-state index is 12.8. The number of para-hydroxylation sites is 1. The molecule has 1 atom stereocenters. The molecular weight excluding hydrogens is 368 g/mol. The summed E-state index contributed by atoms with van der Waals surface area (Å²) in [5.41, 5.74) is 2.94. The van der Waals surface area contributed by atoms with Crippen LogP contribution in [-0.4, -0.2) is 29.6 Å². The monoisotopic (exact) mass is 390 g/mol. The molecule has 0 aliphatic heterocycles. The molecule has 6 heteroatoms. The first kappa shape index (κ1) is 18.3. The Hall–Kier alpha value is -3.12. The zero-order chi connectivity index (χ0) is 19.7. The number of nitrogens with zero attached hydrogens (tertiary/aromatic N) is 3. The topological polar surface area (TPSA) is 50.2 Å². The van der Waals surface area contributed by atoms with Gasteiger partial charge in [-0.05, 0) is 30.7 Å². The number of imidazole rings is 1. The molecule has 1 amide bonds. The van der Waals surface area contributed by atoms with E-state index in [0.29, 0.717) is 4.88 Å². The van der Waals surface area contributed by atoms with Crippen LogP contribution >= 0.6 is 11.3 Å². The second-order valence-electron chi connectivity index (χ2n) is 6.88. The number of fused-ring (bicyclic) bond motifs is 1. The van der Waals surface area contributed by atoms with Gasteiger partial charge in [0.05, 0.1) is 10.9 Å². The molecular formula is C22H22N4OS. The van der Waals surface area contributed by atoms with Crippen molar-refractivity contribution in [2.45, 2.75) is 13.0 Å². The van der Waals surface area contributed by atoms with Gasteiger partial charge >= 0.3 is 0 Å². The number of thiophene rings is 1. The SMILES string of the molecule is C[C@@H](NC(=O)c1cc2nc(N(C)C)n(-c3ccccc3)c2s1)c1ccccc1. The molecule has 0 bridgehead atoms. The number of amides is 1. The van der Waals surface area contributed by atoms with Crippen molar-refractivity contribution < 1.29 is 4.79 Å². The van der Waals surface area contributed by atoms with E-state index in [1.54, 1.807) is 0 Å². The molecule has 0 saturated carbocycles. The van der Waals surface area contributed by atoms with Crippen molar-refractivity contribution in [1.82, 2.24) is 14.9 Å². The Kier molecular flexibility index (Phi) is 4.88. The van der Waals surface area contributed by atoms with Gasteiger partial charge < -0.3 is 10.2 Å². The molecule has 1 N–H and O–H groups in total. The van der Waals surface area contributed by atoms with E-state index in [1.165, 1.54) is 11.3 Å². The summed E-state index contributed by atoms with van der Waals surface area (Å²) in [6.45, 7) is 1.99. The minimum absolute atomic E-state index is 0.0586. The van der Waals surface area contributed by atoms with Crippen LogP contribution in [0, 0.1) is 0 Å². The Morgan fingerprint density at radius 3 is 2.36 bits per heavy atom. The molecule has 0 unspecified atom stereocenters. The Bertz CT molecular complexity index is 1100. The lowest BCUT2D eigenvalue weighted by molar-refractivity contribution is 0.0944. The number of aromatic nitrogens is 2. The lowest BCUT2D eigenvalue weighted by Crippen LogP contribution is -2.25. The van der Waals surface area contributed by atoms with Crippen LogP contribution in [0.25, 0.3) is 16.0 Å². The molecule has 2 aromatic heterocycles. The molecule has 0 radical (unpaired) electrons. The smallest absolute Gasteiger partial charge is 0.261 e. The average Bonchev–Trinajstić information content (AvgIpc) is 3.27. The van der Waals surface area contributed by atoms with Crippen molar-refractivity contribution in [2.24, 2.45) is 0 Å². The zero-order valence-electron chi connectivity index (χ0n) is 16.1. The number of anilines is 1. The van der Waals surface area contributed by atoms with Crippen LogP contribution in [0.15, 0.2) is 66.7 Å². The fourth-order valence-electron chi connectivity index (χ4n) is 3.18. The highest BCUT2D eigenvalue weighted by atomic mass is 32.1. The lowest BCUT2D eigenvalue weighted by Gasteiger charge is -2.15. The number of carbonyl (C=O) groups is 1. The lowest BCUT2D eigenvalue weighted by atomic mass is 10.1. The maximum absolute atomic E-state index is 12.8. The molecule has 2 aromatic carbocycles. The minimum atomic E-state index is -0.0784. The molecule has 0 aliphatic rings. The Morgan fingerprint density at radius 1 is 1.07 bits per heavy atom. The first-order chi connectivity index (χ1) is 13.5. The maximum Gasteiger partial charge on any atom is 0.261 e. The second-order valence-corrected chi connectivity index (χ2v) is 7.91. The quantitative estimate of drug-likeness (QED) is 0.540. The Labute approximate surface area is 168 Å². The molecule has 5 nitrogen and oxygen atoms in total. The van der Waals surface area contributed by atoms with Gasteiger partial charge in [-0.3, -0.25) is 9.36 Å². The summed E-state index contributed by atoms with van der Waals surface area (Å²) in [5.74, 6) is 0.766. The fraction of sp³-hybridized carbons (Fsp3) is 0.182. The summed E-state index contributed by atoms with van der Waals surface area (Å²) >= 11 is 1.46. The van der Waals surface area contributed by atoms with Crippen LogP contribution < -0.4 is 10.2 Å². The predicted octanol–water partition coefficient (Wildman–Crippen LogP) is 4.64. The van der Waals surface area contributed by atoms with Gasteiger partial charge in [-0.25, -0.2) is 4.98 Å². The van der Waals surface area contributed by atoms with E-state index >= 15 is 0 Å². The van der Waals surface area contributed by atoms with Crippen LogP contribution in [0.4, 0.5) is 5.95 Å². The number of rotatable bonds is 5. The number of hydrogen-bond donors (Lipinski definition) is 1. The Balaban J connectivity index is 1.68. The van der Waals surface area contributed by atoms with Gasteiger partial charge in [-0.1, -0.05) is 48.5 Å². The average molecular weight is 391 g/mol. The van der Waals surface area contributed by atoms with Crippen LogP contribution in [-0.2, 0) is 0 Å². The van der Waals surface area contributed by atoms with Crippen molar-refractivity contribution in [3.8, 4) is 5.69 Å². The molecule has 0 spiro atoms. The summed E-state index contributed by atoms with van der Waals surface area (Å²) in [4.78, 5) is 21.2. The van der Waals surface area contributed by atoms with E-state index in [-0.39, 0.29) is 11.9 Å². The molecule has 0 saturated heterocycles. The van der Waals surface area contributed by atoms with Gasteiger partial charge in [-0.2, -0.15) is 0 Å². The number of hydrogen-bond acceptors (Lipinski definition) is 4. The van der Waals surface area contributed by atoms with Crippen molar-refractivity contribution in [3.05, 3.63) is 77.2 Å². The first-order valence-corrected chi connectivity index (χ1v) is 9.97. The van der Waals surface area contributed by atoms with Crippen molar-refractivity contribution in [2.75, 3.05) is 19.0 Å². The molecule has 28 heavy (non-hydrogen) atoms. The largest absolute Gasteiger partial charge is 0.348 e. The summed E-state index contributed by atoms with van der Waals surface area (Å²) in [7, 11) is 3.95. The molecule has 4 aromatic rings. The predicted molar refractivity (Wildman–Crippen MR) is 116 cm³/mol. The standard InChI is InChI=1S/C22H22N4OS/c1-15(16-10-6-4-7-11-16)23-20(27)19-14-18-21(28-19)26(22(24-18)25(2)3)17-12-8-5-9-13-17/h4-15H,1-3H3,(H,23,27)/t15-/m1/s1. The third-order valence-electron chi connectivity index (χ3n) is 4.60. The van der Waals surface area contributed by atoms with Gasteiger partial charge in [0.15, 0.2) is 0 Å². The van der Waals surface area contributed by atoms with E-state index in [0.717, 1.165) is 27.5 Å². The molecule has 0 fully saturated rings. The Morgan fingerprint density at radius 2 is 1.71 bits per heavy atom. The molecule has 2 heterocycles. The highest BCUT2D eigenvalue weighted by Crippen LogP contribution is 2.32. The number of carbonyl (C=O) groups excluding carboxylic acids is 1. The summed E-state index contributed by atoms with van der Waals surface area (Å²) < 4.78 is 2.09. The van der Waals surface area contributed by atoms with E-state index in [4.69, 9.17) is 4.98 Å². The number of nitrogens with one attached hydrogen (secondary N) is 1. The molecule has 0 aliphatic carbocycles. The third kappa shape index (κ3) is 3.39. The van der Waals surface area contributed by atoms with Crippen molar-refractivity contribution in [1.29, 1.82) is 0 Å². The van der Waals surface area contributed by atoms with Crippen molar-refractivity contribution >= 4 is 33.5 Å². The van der Waals surface area contributed by atoms with Gasteiger partial charge in [0.1, 0.15) is 10.3 Å². The summed E-state index contributed by atoms with van der Waals surface area (Å²) in [6.07, 6.45) is 0. The highest BCUT2D eigenvalue weighted by molar-refractivity contribution is 7.20. The normalized spacial score (nSPS) is 12.1. The van der Waals surface area contributed by atoms with E-state index in [2.05, 4.69) is 9.88 Å². The van der Waals surface area contributed by atoms with E-state index < -0.39 is 0 Å². The van der Waals surface area contributed by atoms with Crippen molar-refractivity contribution in [3.63, 3.8) is 0 Å². The van der Waals surface area contributed by atoms with E-state index in [9.17, 15) is 4.79 Å². The van der Waals surface area contributed by atoms with Crippen LogP contribution in [0.5, 0.6) is 0 Å². The van der Waals surface area contributed by atoms with Gasteiger partial charge in [0.2, 0.25) is 5.95 Å². The minimum Gasteiger partial charge on any atom is -0.348 e. The molecule has 142 valence electrons. The zero-order valence-corrected chi connectivity index (χ0v) is 16.9. The van der Waals surface area contributed by atoms with E-state index in [1.807, 2.05) is 92.6 Å². The highest BCUT2D eigenvalue weighted by Gasteiger charge is 2.20. The van der Waals surface area contributed by atoms with Gasteiger partial charge in [0, 0.05) is 19.8 Å². The summed E-state index contributed by atoms with van der Waals surface area (Å²) in [5, 5.41) is 3.08. The van der Waals surface area contributed by atoms with Crippen LogP contribution in [0.1, 0.15) is 28.2 Å². The van der Waals surface area contributed by atoms with Crippen LogP contribution in [0.3, 0.4) is 0 Å². The van der Waals surface area contributed by atoms with Crippen LogP contribution in [0.2, 0.25) is 0 Å². The van der Waals surface area contributed by atoms with Gasteiger partial charge in [0.25, 0.3) is 5.91 Å². The molecule has 4 rings (SSSR count). The second kappa shape index (κ2) is 7.48. The fourth-order valence-corrected chi connectivity index (χ4v) is 4.19.